The van der Waals surface area contributed by atoms with Crippen LogP contribution in [0.1, 0.15) is 32.1 Å². The van der Waals surface area contributed by atoms with Crippen LogP contribution in [0.2, 0.25) is 5.15 Å². The Balaban J connectivity index is 1.39. The van der Waals surface area contributed by atoms with Gasteiger partial charge >= 0.3 is 0 Å². The monoisotopic (exact) mass is 525 g/mol. The van der Waals surface area contributed by atoms with E-state index in [1.54, 1.807) is 18.5 Å². The third kappa shape index (κ3) is 5.57. The van der Waals surface area contributed by atoms with Crippen LogP contribution in [0.5, 0.6) is 0 Å². The Kier molecular flexibility index (Phi) is 7.02. The SMILES string of the molecule is O=S(=O)(Nc1cc(-c2ccc3ncc(NCC4CCCCC4)nc3c2)cnc1Cl)c1ccc(F)cc1. The standard InChI is InChI=1S/C26H25ClFN5O2S/c27-26-24(33-36(34,35)21-9-7-20(28)8-10-21)13-19(15-31-26)18-6-11-22-23(12-18)32-25(16-29-22)30-14-17-4-2-1-3-5-17/h6-13,15-17,33H,1-5,14H2,(H,30,32). The highest BCUT2D eigenvalue weighted by Gasteiger charge is 2.18. The molecule has 2 aromatic carbocycles. The Morgan fingerprint density at radius 1 is 0.917 bits per heavy atom. The van der Waals surface area contributed by atoms with Gasteiger partial charge in [-0.2, -0.15) is 0 Å². The van der Waals surface area contributed by atoms with E-state index >= 15 is 0 Å². The predicted octanol–water partition coefficient (Wildman–Crippen LogP) is 6.28. The van der Waals surface area contributed by atoms with E-state index in [0.29, 0.717) is 17.0 Å². The highest BCUT2D eigenvalue weighted by Crippen LogP contribution is 2.30. The molecule has 36 heavy (non-hydrogen) atoms. The Morgan fingerprint density at radius 2 is 1.69 bits per heavy atom. The third-order valence-corrected chi connectivity index (χ3v) is 8.06. The van der Waals surface area contributed by atoms with Gasteiger partial charge in [-0.3, -0.25) is 9.71 Å². The van der Waals surface area contributed by atoms with E-state index in [2.05, 4.69) is 20.0 Å². The Bertz CT molecular complexity index is 1490. The van der Waals surface area contributed by atoms with Gasteiger partial charge in [0.05, 0.1) is 27.8 Å². The molecule has 0 spiro atoms. The van der Waals surface area contributed by atoms with E-state index in [4.69, 9.17) is 16.6 Å². The van der Waals surface area contributed by atoms with Gasteiger partial charge < -0.3 is 5.32 Å². The summed E-state index contributed by atoms with van der Waals surface area (Å²) in [6.07, 6.45) is 9.70. The Hall–Kier alpha value is -3.30. The third-order valence-electron chi connectivity index (χ3n) is 6.38. The van der Waals surface area contributed by atoms with Gasteiger partial charge in [0.2, 0.25) is 0 Å². The highest BCUT2D eigenvalue weighted by atomic mass is 35.5. The van der Waals surface area contributed by atoms with E-state index in [0.717, 1.165) is 35.6 Å². The molecule has 0 radical (unpaired) electrons. The van der Waals surface area contributed by atoms with Crippen molar-refractivity contribution >= 4 is 44.2 Å². The lowest BCUT2D eigenvalue weighted by atomic mass is 9.89. The number of fused-ring (bicyclic) bond motifs is 1. The fourth-order valence-electron chi connectivity index (χ4n) is 4.41. The van der Waals surface area contributed by atoms with E-state index in [1.165, 1.54) is 44.2 Å². The fraction of sp³-hybridized carbons (Fsp3) is 0.269. The predicted molar refractivity (Wildman–Crippen MR) is 140 cm³/mol. The van der Waals surface area contributed by atoms with Crippen molar-refractivity contribution in [1.29, 1.82) is 0 Å². The molecule has 2 aromatic heterocycles. The van der Waals surface area contributed by atoms with Gasteiger partial charge in [0.25, 0.3) is 10.0 Å². The van der Waals surface area contributed by atoms with E-state index in [-0.39, 0.29) is 15.7 Å². The zero-order valence-corrected chi connectivity index (χ0v) is 21.0. The molecule has 1 aliphatic rings. The van der Waals surface area contributed by atoms with Gasteiger partial charge in [-0.1, -0.05) is 36.9 Å². The molecule has 0 bridgehead atoms. The van der Waals surface area contributed by atoms with Crippen LogP contribution >= 0.6 is 11.6 Å². The number of benzene rings is 2. The number of halogens is 2. The number of pyridine rings is 1. The number of aromatic nitrogens is 3. The summed E-state index contributed by atoms with van der Waals surface area (Å²) in [7, 11) is -3.98. The molecule has 0 aliphatic heterocycles. The molecule has 1 fully saturated rings. The van der Waals surface area contributed by atoms with Crippen LogP contribution in [-0.4, -0.2) is 29.9 Å². The lowest BCUT2D eigenvalue weighted by Crippen LogP contribution is -2.17. The molecular weight excluding hydrogens is 501 g/mol. The molecule has 4 aromatic rings. The molecule has 1 saturated carbocycles. The number of nitrogens with one attached hydrogen (secondary N) is 2. The maximum Gasteiger partial charge on any atom is 0.261 e. The molecule has 2 N–H and O–H groups in total. The second kappa shape index (κ2) is 10.4. The first-order chi connectivity index (χ1) is 17.4. The molecule has 10 heteroatoms. The van der Waals surface area contributed by atoms with Crippen LogP contribution in [0.4, 0.5) is 15.9 Å². The van der Waals surface area contributed by atoms with Gasteiger partial charge in [-0.05, 0) is 66.8 Å². The van der Waals surface area contributed by atoms with Crippen molar-refractivity contribution in [3.63, 3.8) is 0 Å². The minimum Gasteiger partial charge on any atom is -0.368 e. The molecule has 0 atom stereocenters. The Labute approximate surface area is 214 Å². The van der Waals surface area contributed by atoms with Crippen molar-refractivity contribution in [2.45, 2.75) is 37.0 Å². The summed E-state index contributed by atoms with van der Waals surface area (Å²) in [5.41, 5.74) is 3.02. The fourth-order valence-corrected chi connectivity index (χ4v) is 5.68. The number of hydrogen-bond acceptors (Lipinski definition) is 6. The van der Waals surface area contributed by atoms with Gasteiger partial charge in [-0.15, -0.1) is 0 Å². The summed E-state index contributed by atoms with van der Waals surface area (Å²) in [6.45, 7) is 0.887. The second-order valence-corrected chi connectivity index (χ2v) is 11.0. The minimum absolute atomic E-state index is 0.000725. The van der Waals surface area contributed by atoms with E-state index in [9.17, 15) is 12.8 Å². The van der Waals surface area contributed by atoms with Gasteiger partial charge in [0.1, 0.15) is 11.6 Å². The molecule has 2 heterocycles. The van der Waals surface area contributed by atoms with E-state index < -0.39 is 15.8 Å². The van der Waals surface area contributed by atoms with Crippen molar-refractivity contribution in [3.8, 4) is 11.1 Å². The topological polar surface area (TPSA) is 96.9 Å². The average molecular weight is 526 g/mol. The highest BCUT2D eigenvalue weighted by molar-refractivity contribution is 7.92. The van der Waals surface area contributed by atoms with Crippen LogP contribution in [0.3, 0.4) is 0 Å². The molecule has 7 nitrogen and oxygen atoms in total. The van der Waals surface area contributed by atoms with Gasteiger partial charge in [0.15, 0.2) is 5.15 Å². The molecule has 0 unspecified atom stereocenters. The Morgan fingerprint density at radius 3 is 2.47 bits per heavy atom. The smallest absolute Gasteiger partial charge is 0.261 e. The zero-order chi connectivity index (χ0) is 25.1. The van der Waals surface area contributed by atoms with Crippen molar-refractivity contribution in [2.24, 2.45) is 5.92 Å². The number of anilines is 2. The normalized spacial score (nSPS) is 14.6. The molecule has 186 valence electrons. The van der Waals surface area contributed by atoms with Crippen LogP contribution < -0.4 is 10.0 Å². The second-order valence-electron chi connectivity index (χ2n) is 8.97. The molecule has 0 amide bonds. The molecule has 1 aliphatic carbocycles. The summed E-state index contributed by atoms with van der Waals surface area (Å²) in [4.78, 5) is 13.3. The lowest BCUT2D eigenvalue weighted by molar-refractivity contribution is 0.373. The van der Waals surface area contributed by atoms with Crippen LogP contribution in [0.15, 0.2) is 65.8 Å². The van der Waals surface area contributed by atoms with E-state index in [1.807, 2.05) is 18.2 Å². The van der Waals surface area contributed by atoms with Crippen LogP contribution in [0, 0.1) is 11.7 Å². The summed E-state index contributed by atoms with van der Waals surface area (Å²) >= 11 is 6.19. The van der Waals surface area contributed by atoms with Crippen molar-refractivity contribution in [1.82, 2.24) is 15.0 Å². The molecule has 5 rings (SSSR count). The van der Waals surface area contributed by atoms with Gasteiger partial charge in [0, 0.05) is 18.3 Å². The number of sulfonamides is 1. The first kappa shape index (κ1) is 24.4. The first-order valence-electron chi connectivity index (χ1n) is 11.8. The largest absolute Gasteiger partial charge is 0.368 e. The zero-order valence-electron chi connectivity index (χ0n) is 19.4. The van der Waals surface area contributed by atoms with Crippen LogP contribution in [0.25, 0.3) is 22.2 Å². The molecular formula is C26H25ClFN5O2S. The minimum atomic E-state index is -3.98. The number of hydrogen-bond donors (Lipinski definition) is 2. The van der Waals surface area contributed by atoms with Crippen LogP contribution in [-0.2, 0) is 10.0 Å². The summed E-state index contributed by atoms with van der Waals surface area (Å²) in [5.74, 6) is 0.870. The maximum atomic E-state index is 13.2. The first-order valence-corrected chi connectivity index (χ1v) is 13.7. The average Bonchev–Trinajstić information content (AvgIpc) is 2.89. The summed E-state index contributed by atoms with van der Waals surface area (Å²) in [6, 6.07) is 11.8. The quantitative estimate of drug-likeness (QED) is 0.276. The number of rotatable bonds is 7. The number of nitrogens with zero attached hydrogens (tertiary/aromatic N) is 3. The summed E-state index contributed by atoms with van der Waals surface area (Å²) < 4.78 is 41.2. The lowest BCUT2D eigenvalue weighted by Gasteiger charge is -2.21. The molecule has 0 saturated heterocycles. The maximum absolute atomic E-state index is 13.2. The van der Waals surface area contributed by atoms with Crippen molar-refractivity contribution in [2.75, 3.05) is 16.6 Å². The summed E-state index contributed by atoms with van der Waals surface area (Å²) in [5, 5.41) is 3.42. The van der Waals surface area contributed by atoms with Crippen molar-refractivity contribution in [3.05, 3.63) is 71.9 Å². The van der Waals surface area contributed by atoms with Crippen molar-refractivity contribution < 1.29 is 12.8 Å². The van der Waals surface area contributed by atoms with Gasteiger partial charge in [-0.25, -0.2) is 22.8 Å².